The Morgan fingerprint density at radius 1 is 1.11 bits per heavy atom. The van der Waals surface area contributed by atoms with Crippen LogP contribution in [0.1, 0.15) is 24.0 Å². The van der Waals surface area contributed by atoms with Gasteiger partial charge in [-0.2, -0.15) is 5.26 Å². The van der Waals surface area contributed by atoms with Gasteiger partial charge in [0.05, 0.1) is 11.6 Å². The van der Waals surface area contributed by atoms with E-state index in [1.54, 1.807) is 12.4 Å². The smallest absolute Gasteiger partial charge is 0.171 e. The van der Waals surface area contributed by atoms with E-state index in [-0.39, 0.29) is 0 Å². The van der Waals surface area contributed by atoms with E-state index in [2.05, 4.69) is 33.8 Å². The van der Waals surface area contributed by atoms with Gasteiger partial charge in [0, 0.05) is 24.1 Å². The maximum absolute atomic E-state index is 9.48. The Kier molecular flexibility index (Phi) is 4.99. The third-order valence-corrected chi connectivity index (χ3v) is 5.41. The number of hydrogen-bond acceptors (Lipinski definition) is 3. The van der Waals surface area contributed by atoms with Gasteiger partial charge < -0.3 is 10.6 Å². The fraction of sp³-hybridized carbons (Fsp3) is 0.227. The second-order valence-corrected chi connectivity index (χ2v) is 7.42. The van der Waals surface area contributed by atoms with Gasteiger partial charge in [0.1, 0.15) is 0 Å². The Balaban J connectivity index is 1.40. The maximum atomic E-state index is 9.48. The first-order valence-electron chi connectivity index (χ1n) is 9.09. The largest absolute Gasteiger partial charge is 0.359 e. The molecule has 134 valence electrons. The van der Waals surface area contributed by atoms with E-state index in [1.807, 2.05) is 42.5 Å². The van der Waals surface area contributed by atoms with E-state index in [1.165, 1.54) is 6.42 Å². The van der Waals surface area contributed by atoms with Crippen LogP contribution in [0, 0.1) is 23.2 Å². The SMILES string of the molecule is N#C/C(=C\c1ccncc1)c1ccc(NC(=S)N[C@H]2C[C@@H]3C=C[C@H]2C3)cc1. The molecule has 4 nitrogen and oxygen atoms in total. The monoisotopic (exact) mass is 372 g/mol. The van der Waals surface area contributed by atoms with E-state index >= 15 is 0 Å². The number of nitriles is 1. The standard InChI is InChI=1S/C22H20N4S/c23-14-19(11-15-7-9-24-10-8-15)17-3-5-20(6-4-17)25-22(27)26-21-13-16-1-2-18(21)12-16/h1-11,16,18,21H,12-13H2,(H2,25,26,27)/b19-11+/t16-,18+,21+/m1/s1. The minimum atomic E-state index is 0.438. The second-order valence-electron chi connectivity index (χ2n) is 7.01. The highest BCUT2D eigenvalue weighted by Gasteiger charge is 2.35. The molecule has 2 aromatic rings. The first-order valence-corrected chi connectivity index (χ1v) is 9.50. The van der Waals surface area contributed by atoms with Gasteiger partial charge in [0.2, 0.25) is 0 Å². The summed E-state index contributed by atoms with van der Waals surface area (Å²) in [5.41, 5.74) is 3.35. The van der Waals surface area contributed by atoms with Gasteiger partial charge in [-0.05, 0) is 78.4 Å². The van der Waals surface area contributed by atoms with Crippen LogP contribution in [0.15, 0.2) is 60.9 Å². The Hall–Kier alpha value is -2.97. The predicted molar refractivity (Wildman–Crippen MR) is 113 cm³/mol. The number of thiocarbonyl (C=S) groups is 1. The molecule has 1 fully saturated rings. The van der Waals surface area contributed by atoms with Crippen LogP contribution in [-0.4, -0.2) is 16.1 Å². The molecule has 1 aromatic heterocycles. The summed E-state index contributed by atoms with van der Waals surface area (Å²) in [7, 11) is 0. The van der Waals surface area contributed by atoms with Gasteiger partial charge in [-0.3, -0.25) is 4.98 Å². The Bertz CT molecular complexity index is 925. The van der Waals surface area contributed by atoms with Gasteiger partial charge in [-0.25, -0.2) is 0 Å². The Morgan fingerprint density at radius 3 is 2.52 bits per heavy atom. The van der Waals surface area contributed by atoms with Gasteiger partial charge in [-0.15, -0.1) is 0 Å². The van der Waals surface area contributed by atoms with Crippen molar-refractivity contribution < 1.29 is 0 Å². The minimum absolute atomic E-state index is 0.438. The molecule has 1 saturated carbocycles. The number of allylic oxidation sites excluding steroid dienone is 2. The molecule has 5 heteroatoms. The van der Waals surface area contributed by atoms with Gasteiger partial charge in [-0.1, -0.05) is 24.3 Å². The average molecular weight is 372 g/mol. The summed E-state index contributed by atoms with van der Waals surface area (Å²) in [5.74, 6) is 1.32. The number of nitrogens with zero attached hydrogens (tertiary/aromatic N) is 2. The van der Waals surface area contributed by atoms with Crippen molar-refractivity contribution in [2.75, 3.05) is 5.32 Å². The minimum Gasteiger partial charge on any atom is -0.359 e. The van der Waals surface area contributed by atoms with Crippen molar-refractivity contribution in [1.82, 2.24) is 10.3 Å². The number of hydrogen-bond donors (Lipinski definition) is 2. The van der Waals surface area contributed by atoms with Crippen LogP contribution in [0.25, 0.3) is 11.6 Å². The van der Waals surface area contributed by atoms with Crippen LogP contribution in [0.3, 0.4) is 0 Å². The first kappa shape index (κ1) is 17.4. The van der Waals surface area contributed by atoms with Gasteiger partial charge >= 0.3 is 0 Å². The molecule has 27 heavy (non-hydrogen) atoms. The summed E-state index contributed by atoms with van der Waals surface area (Å²) in [6.45, 7) is 0. The first-order chi connectivity index (χ1) is 13.2. The quantitative estimate of drug-likeness (QED) is 0.473. The van der Waals surface area contributed by atoms with Crippen molar-refractivity contribution in [3.8, 4) is 6.07 Å². The molecule has 2 aliphatic carbocycles. The highest BCUT2D eigenvalue weighted by atomic mass is 32.1. The normalized spacial score (nSPS) is 23.1. The summed E-state index contributed by atoms with van der Waals surface area (Å²) in [5, 5.41) is 16.8. The Morgan fingerprint density at radius 2 is 1.89 bits per heavy atom. The molecule has 2 aliphatic rings. The number of rotatable bonds is 4. The zero-order valence-electron chi connectivity index (χ0n) is 14.8. The molecule has 0 amide bonds. The molecular formula is C22H20N4S. The highest BCUT2D eigenvalue weighted by Crippen LogP contribution is 2.38. The number of aromatic nitrogens is 1. The zero-order chi connectivity index (χ0) is 18.6. The van der Waals surface area contributed by atoms with Crippen LogP contribution >= 0.6 is 12.2 Å². The molecular weight excluding hydrogens is 352 g/mol. The number of anilines is 1. The van der Waals surface area contributed by atoms with E-state index < -0.39 is 0 Å². The van der Waals surface area contributed by atoms with Crippen molar-refractivity contribution in [3.63, 3.8) is 0 Å². The predicted octanol–water partition coefficient (Wildman–Crippen LogP) is 4.40. The maximum Gasteiger partial charge on any atom is 0.171 e. The topological polar surface area (TPSA) is 60.7 Å². The van der Waals surface area contributed by atoms with E-state index in [0.717, 1.165) is 23.2 Å². The Labute approximate surface area is 164 Å². The van der Waals surface area contributed by atoms with Crippen molar-refractivity contribution >= 4 is 34.7 Å². The van der Waals surface area contributed by atoms with Crippen LogP contribution in [0.4, 0.5) is 5.69 Å². The molecule has 0 unspecified atom stereocenters. The average Bonchev–Trinajstić information content (AvgIpc) is 3.31. The van der Waals surface area contributed by atoms with Crippen LogP contribution in [-0.2, 0) is 0 Å². The summed E-state index contributed by atoms with van der Waals surface area (Å²) < 4.78 is 0. The van der Waals surface area contributed by atoms with Crippen molar-refractivity contribution in [2.24, 2.45) is 11.8 Å². The summed E-state index contributed by atoms with van der Waals surface area (Å²) in [6, 6.07) is 14.2. The molecule has 0 saturated heterocycles. The number of benzene rings is 1. The molecule has 0 spiro atoms. The molecule has 2 bridgehead atoms. The second kappa shape index (κ2) is 7.73. The molecule has 4 rings (SSSR count). The fourth-order valence-corrected chi connectivity index (χ4v) is 4.09. The fourth-order valence-electron chi connectivity index (χ4n) is 3.82. The third kappa shape index (κ3) is 4.07. The summed E-state index contributed by atoms with van der Waals surface area (Å²) in [4.78, 5) is 4.00. The van der Waals surface area contributed by atoms with Crippen LogP contribution in [0.2, 0.25) is 0 Å². The van der Waals surface area contributed by atoms with E-state index in [4.69, 9.17) is 12.2 Å². The van der Waals surface area contributed by atoms with Gasteiger partial charge in [0.15, 0.2) is 5.11 Å². The lowest BCUT2D eigenvalue weighted by molar-refractivity contribution is 0.526. The molecule has 0 aliphatic heterocycles. The van der Waals surface area contributed by atoms with Gasteiger partial charge in [0.25, 0.3) is 0 Å². The van der Waals surface area contributed by atoms with Crippen molar-refractivity contribution in [3.05, 3.63) is 72.1 Å². The number of nitrogens with one attached hydrogen (secondary N) is 2. The molecule has 1 aromatic carbocycles. The lowest BCUT2D eigenvalue weighted by Crippen LogP contribution is -2.40. The molecule has 2 N–H and O–H groups in total. The lowest BCUT2D eigenvalue weighted by atomic mass is 10.0. The van der Waals surface area contributed by atoms with Crippen LogP contribution < -0.4 is 10.6 Å². The molecule has 0 radical (unpaired) electrons. The summed E-state index contributed by atoms with van der Waals surface area (Å²) >= 11 is 5.47. The van der Waals surface area contributed by atoms with Crippen molar-refractivity contribution in [1.29, 1.82) is 5.26 Å². The lowest BCUT2D eigenvalue weighted by Gasteiger charge is -2.22. The van der Waals surface area contributed by atoms with Crippen LogP contribution in [0.5, 0.6) is 0 Å². The summed E-state index contributed by atoms with van der Waals surface area (Å²) in [6.07, 6.45) is 12.3. The zero-order valence-corrected chi connectivity index (χ0v) is 15.6. The van der Waals surface area contributed by atoms with E-state index in [9.17, 15) is 5.26 Å². The highest BCUT2D eigenvalue weighted by molar-refractivity contribution is 7.80. The number of pyridine rings is 1. The molecule has 1 heterocycles. The number of fused-ring (bicyclic) bond motifs is 2. The third-order valence-electron chi connectivity index (χ3n) is 5.19. The van der Waals surface area contributed by atoms with E-state index in [0.29, 0.717) is 28.6 Å². The molecule has 3 atom stereocenters. The van der Waals surface area contributed by atoms with Crippen molar-refractivity contribution in [2.45, 2.75) is 18.9 Å².